The molecule has 20 heavy (non-hydrogen) atoms. The summed E-state index contributed by atoms with van der Waals surface area (Å²) in [5, 5.41) is 8.95. The van der Waals surface area contributed by atoms with Gasteiger partial charge in [0.2, 0.25) is 0 Å². The number of anilines is 1. The van der Waals surface area contributed by atoms with Crippen LogP contribution in [0, 0.1) is 19.7 Å². The van der Waals surface area contributed by atoms with Crippen molar-refractivity contribution < 1.29 is 22.3 Å². The van der Waals surface area contributed by atoms with Crippen LogP contribution in [0.15, 0.2) is 33.6 Å². The number of aliphatic hydroxyl groups excluding tert-OH is 1. The molecule has 0 aliphatic carbocycles. The van der Waals surface area contributed by atoms with Gasteiger partial charge in [-0.05, 0) is 26.0 Å². The van der Waals surface area contributed by atoms with Gasteiger partial charge in [0.25, 0.3) is 10.0 Å². The minimum Gasteiger partial charge on any atom is -0.462 e. The minimum absolute atomic E-state index is 0.0785. The lowest BCUT2D eigenvalue weighted by Crippen LogP contribution is -2.14. The summed E-state index contributed by atoms with van der Waals surface area (Å²) in [6.45, 7) is 2.57. The highest BCUT2D eigenvalue weighted by Gasteiger charge is 2.22. The molecular formula is C13H14FNO4S. The SMILES string of the molecule is Cc1oc(CO)cc1S(=O)(=O)Nc1cccc(F)c1C. The van der Waals surface area contributed by atoms with E-state index in [0.29, 0.717) is 0 Å². The van der Waals surface area contributed by atoms with Gasteiger partial charge in [-0.1, -0.05) is 6.07 Å². The fourth-order valence-electron chi connectivity index (χ4n) is 1.79. The Kier molecular flexibility index (Phi) is 3.82. The van der Waals surface area contributed by atoms with Crippen molar-refractivity contribution >= 4 is 15.7 Å². The second-order valence-corrected chi connectivity index (χ2v) is 5.96. The van der Waals surface area contributed by atoms with Crippen molar-refractivity contribution in [3.05, 3.63) is 47.2 Å². The number of hydrogen-bond donors (Lipinski definition) is 2. The van der Waals surface area contributed by atoms with Gasteiger partial charge < -0.3 is 9.52 Å². The number of aryl methyl sites for hydroxylation is 1. The summed E-state index contributed by atoms with van der Waals surface area (Å²) < 4.78 is 45.3. The van der Waals surface area contributed by atoms with Crippen LogP contribution in [0.1, 0.15) is 17.1 Å². The number of rotatable bonds is 4. The number of sulfonamides is 1. The molecule has 1 heterocycles. The summed E-state index contributed by atoms with van der Waals surface area (Å²) in [6.07, 6.45) is 0. The molecule has 0 saturated heterocycles. The normalized spacial score (nSPS) is 11.6. The largest absolute Gasteiger partial charge is 0.462 e. The Morgan fingerprint density at radius 2 is 2.05 bits per heavy atom. The van der Waals surface area contributed by atoms with E-state index in [2.05, 4.69) is 4.72 Å². The number of halogens is 1. The smallest absolute Gasteiger partial charge is 0.265 e. The molecule has 7 heteroatoms. The molecular weight excluding hydrogens is 285 g/mol. The molecule has 0 atom stereocenters. The minimum atomic E-state index is -3.89. The van der Waals surface area contributed by atoms with Crippen LogP contribution >= 0.6 is 0 Å². The maximum Gasteiger partial charge on any atom is 0.265 e. The Morgan fingerprint density at radius 3 is 2.65 bits per heavy atom. The molecule has 0 fully saturated rings. The molecule has 0 aliphatic heterocycles. The van der Waals surface area contributed by atoms with E-state index in [4.69, 9.17) is 9.52 Å². The van der Waals surface area contributed by atoms with Crippen molar-refractivity contribution in [3.63, 3.8) is 0 Å². The lowest BCUT2D eigenvalue weighted by molar-refractivity contribution is 0.245. The second kappa shape index (κ2) is 5.26. The molecule has 5 nitrogen and oxygen atoms in total. The average Bonchev–Trinajstić information content (AvgIpc) is 2.77. The van der Waals surface area contributed by atoms with Gasteiger partial charge in [-0.3, -0.25) is 4.72 Å². The van der Waals surface area contributed by atoms with E-state index in [-0.39, 0.29) is 27.7 Å². The molecule has 2 N–H and O–H groups in total. The third kappa shape index (κ3) is 2.68. The molecule has 0 spiro atoms. The summed E-state index contributed by atoms with van der Waals surface area (Å²) >= 11 is 0. The average molecular weight is 299 g/mol. The van der Waals surface area contributed by atoms with Gasteiger partial charge in [-0.15, -0.1) is 0 Å². The first-order chi connectivity index (χ1) is 9.35. The highest BCUT2D eigenvalue weighted by molar-refractivity contribution is 7.92. The summed E-state index contributed by atoms with van der Waals surface area (Å²) in [7, 11) is -3.89. The van der Waals surface area contributed by atoms with E-state index in [1.54, 1.807) is 0 Å². The lowest BCUT2D eigenvalue weighted by atomic mass is 10.2. The van der Waals surface area contributed by atoms with Crippen LogP contribution in [0.3, 0.4) is 0 Å². The maximum absolute atomic E-state index is 13.4. The van der Waals surface area contributed by atoms with Crippen LogP contribution in [0.25, 0.3) is 0 Å². The Bertz CT molecular complexity index is 737. The molecule has 2 aromatic rings. The number of aliphatic hydroxyl groups is 1. The van der Waals surface area contributed by atoms with Crippen LogP contribution in [-0.2, 0) is 16.6 Å². The van der Waals surface area contributed by atoms with E-state index < -0.39 is 22.4 Å². The topological polar surface area (TPSA) is 79.5 Å². The summed E-state index contributed by atoms with van der Waals surface area (Å²) in [5.41, 5.74) is 0.371. The zero-order valence-electron chi connectivity index (χ0n) is 11.0. The van der Waals surface area contributed by atoms with Crippen molar-refractivity contribution in [1.82, 2.24) is 0 Å². The first kappa shape index (κ1) is 14.5. The fraction of sp³-hybridized carbons (Fsp3) is 0.231. The summed E-state index contributed by atoms with van der Waals surface area (Å²) in [5.74, 6) is -0.181. The first-order valence-electron chi connectivity index (χ1n) is 5.83. The predicted octanol–water partition coefficient (Wildman–Crippen LogP) is 2.33. The third-order valence-electron chi connectivity index (χ3n) is 2.88. The lowest BCUT2D eigenvalue weighted by Gasteiger charge is -2.10. The number of hydrogen-bond acceptors (Lipinski definition) is 4. The summed E-state index contributed by atoms with van der Waals surface area (Å²) in [6, 6.07) is 5.38. The zero-order valence-corrected chi connectivity index (χ0v) is 11.8. The predicted molar refractivity (Wildman–Crippen MR) is 71.3 cm³/mol. The molecule has 0 unspecified atom stereocenters. The fourth-order valence-corrected chi connectivity index (χ4v) is 3.11. The van der Waals surface area contributed by atoms with Gasteiger partial charge in [0.1, 0.15) is 28.8 Å². The van der Waals surface area contributed by atoms with Gasteiger partial charge >= 0.3 is 0 Å². The molecule has 2 rings (SSSR count). The van der Waals surface area contributed by atoms with Gasteiger partial charge in [-0.2, -0.15) is 0 Å². The number of benzene rings is 1. The van der Waals surface area contributed by atoms with Gasteiger partial charge in [0.05, 0.1) is 5.69 Å². The van der Waals surface area contributed by atoms with E-state index in [1.807, 2.05) is 0 Å². The first-order valence-corrected chi connectivity index (χ1v) is 7.31. The van der Waals surface area contributed by atoms with Crippen LogP contribution in [0.5, 0.6) is 0 Å². The van der Waals surface area contributed by atoms with Crippen LogP contribution in [0.2, 0.25) is 0 Å². The van der Waals surface area contributed by atoms with E-state index in [0.717, 1.165) is 0 Å². The maximum atomic E-state index is 13.4. The van der Waals surface area contributed by atoms with Crippen molar-refractivity contribution in [2.45, 2.75) is 25.3 Å². The molecule has 1 aromatic heterocycles. The Hall–Kier alpha value is -1.86. The highest BCUT2D eigenvalue weighted by atomic mass is 32.2. The standard InChI is InChI=1S/C13H14FNO4S/c1-8-11(14)4-3-5-12(8)15-20(17,18)13-6-10(7-16)19-9(13)2/h3-6,15-16H,7H2,1-2H3. The molecule has 0 aliphatic rings. The Labute approximate surface area is 116 Å². The van der Waals surface area contributed by atoms with Crippen molar-refractivity contribution in [2.75, 3.05) is 4.72 Å². The van der Waals surface area contributed by atoms with Crippen molar-refractivity contribution in [2.24, 2.45) is 0 Å². The number of furan rings is 1. The summed E-state index contributed by atoms with van der Waals surface area (Å²) in [4.78, 5) is -0.0785. The zero-order chi connectivity index (χ0) is 14.9. The van der Waals surface area contributed by atoms with Crippen LogP contribution in [-0.4, -0.2) is 13.5 Å². The van der Waals surface area contributed by atoms with Crippen LogP contribution < -0.4 is 4.72 Å². The molecule has 0 saturated carbocycles. The van der Waals surface area contributed by atoms with Gasteiger partial charge in [0, 0.05) is 11.6 Å². The molecule has 0 radical (unpaired) electrons. The quantitative estimate of drug-likeness (QED) is 0.908. The number of nitrogens with one attached hydrogen (secondary N) is 1. The highest BCUT2D eigenvalue weighted by Crippen LogP contribution is 2.25. The third-order valence-corrected chi connectivity index (χ3v) is 4.35. The Morgan fingerprint density at radius 1 is 1.35 bits per heavy atom. The van der Waals surface area contributed by atoms with Crippen molar-refractivity contribution in [3.8, 4) is 0 Å². The van der Waals surface area contributed by atoms with E-state index in [1.165, 1.54) is 38.1 Å². The van der Waals surface area contributed by atoms with Gasteiger partial charge in [0.15, 0.2) is 0 Å². The van der Waals surface area contributed by atoms with Gasteiger partial charge in [-0.25, -0.2) is 12.8 Å². The molecule has 0 bridgehead atoms. The molecule has 1 aromatic carbocycles. The molecule has 108 valence electrons. The van der Waals surface area contributed by atoms with Crippen LogP contribution in [0.4, 0.5) is 10.1 Å². The second-order valence-electron chi connectivity index (χ2n) is 4.31. The monoisotopic (exact) mass is 299 g/mol. The molecule has 0 amide bonds. The Balaban J connectivity index is 2.40. The van der Waals surface area contributed by atoms with Crippen molar-refractivity contribution in [1.29, 1.82) is 0 Å². The van der Waals surface area contributed by atoms with E-state index in [9.17, 15) is 12.8 Å². The van der Waals surface area contributed by atoms with E-state index >= 15 is 0 Å².